The first-order valence-corrected chi connectivity index (χ1v) is 5.94. The molecule has 3 rings (SSSR count). The summed E-state index contributed by atoms with van der Waals surface area (Å²) in [4.78, 5) is 4.34. The normalized spacial score (nSPS) is 23.9. The van der Waals surface area contributed by atoms with Gasteiger partial charge in [-0.2, -0.15) is 0 Å². The molecular formula is C12H14ClN3. The van der Waals surface area contributed by atoms with Gasteiger partial charge in [0, 0.05) is 11.6 Å². The fourth-order valence-corrected chi connectivity index (χ4v) is 2.37. The Morgan fingerprint density at radius 1 is 1.56 bits per heavy atom. The number of hydrogen-bond acceptors (Lipinski definition) is 2. The molecule has 1 aromatic carbocycles. The number of nitrogens with two attached hydrogens (primary N) is 1. The minimum Gasteiger partial charge on any atom is -0.369 e. The highest BCUT2D eigenvalue weighted by Gasteiger charge is 2.33. The van der Waals surface area contributed by atoms with Gasteiger partial charge in [0.1, 0.15) is 0 Å². The van der Waals surface area contributed by atoms with E-state index in [1.54, 1.807) is 0 Å². The molecular weight excluding hydrogens is 222 g/mol. The average molecular weight is 236 g/mol. The highest BCUT2D eigenvalue weighted by molar-refractivity contribution is 6.31. The van der Waals surface area contributed by atoms with E-state index in [2.05, 4.69) is 16.5 Å². The number of halogens is 1. The molecule has 0 amide bonds. The van der Waals surface area contributed by atoms with Crippen LogP contribution >= 0.6 is 11.6 Å². The number of imidazole rings is 1. The number of rotatable bonds is 2. The van der Waals surface area contributed by atoms with Crippen LogP contribution in [0.5, 0.6) is 0 Å². The molecule has 3 nitrogen and oxygen atoms in total. The van der Waals surface area contributed by atoms with Gasteiger partial charge in [-0.3, -0.25) is 0 Å². The summed E-state index contributed by atoms with van der Waals surface area (Å²) in [5.41, 5.74) is 7.91. The van der Waals surface area contributed by atoms with Gasteiger partial charge in [0.05, 0.1) is 11.0 Å². The second-order valence-corrected chi connectivity index (χ2v) is 5.12. The maximum atomic E-state index is 5.93. The lowest BCUT2D eigenvalue weighted by molar-refractivity contribution is 0.613. The predicted molar refractivity (Wildman–Crippen MR) is 66.4 cm³/mol. The van der Waals surface area contributed by atoms with Gasteiger partial charge >= 0.3 is 0 Å². The van der Waals surface area contributed by atoms with Crippen molar-refractivity contribution in [3.63, 3.8) is 0 Å². The maximum absolute atomic E-state index is 5.93. The molecule has 0 saturated heterocycles. The van der Waals surface area contributed by atoms with Crippen molar-refractivity contribution in [2.75, 3.05) is 5.73 Å². The van der Waals surface area contributed by atoms with E-state index in [1.165, 1.54) is 6.42 Å². The van der Waals surface area contributed by atoms with Crippen LogP contribution in [0.1, 0.15) is 13.3 Å². The fraction of sp³-hybridized carbons (Fsp3) is 0.417. The lowest BCUT2D eigenvalue weighted by Crippen LogP contribution is -2.05. The first-order chi connectivity index (χ1) is 7.65. The Hall–Kier alpha value is -1.22. The average Bonchev–Trinajstić information content (AvgIpc) is 2.82. The van der Waals surface area contributed by atoms with Crippen molar-refractivity contribution in [3.05, 3.63) is 23.2 Å². The summed E-state index contributed by atoms with van der Waals surface area (Å²) in [5.74, 6) is 2.18. The fourth-order valence-electron chi connectivity index (χ4n) is 2.20. The monoisotopic (exact) mass is 235 g/mol. The molecule has 84 valence electrons. The summed E-state index contributed by atoms with van der Waals surface area (Å²) in [6.07, 6.45) is 1.30. The van der Waals surface area contributed by atoms with Crippen molar-refractivity contribution in [3.8, 4) is 0 Å². The minimum atomic E-state index is 0.594. The number of nitrogen functional groups attached to an aromatic ring is 1. The van der Waals surface area contributed by atoms with E-state index < -0.39 is 0 Å². The van der Waals surface area contributed by atoms with Crippen molar-refractivity contribution in [2.45, 2.75) is 19.9 Å². The molecule has 0 aliphatic heterocycles. The van der Waals surface area contributed by atoms with Crippen LogP contribution in [0.3, 0.4) is 0 Å². The van der Waals surface area contributed by atoms with Gasteiger partial charge in [-0.1, -0.05) is 18.5 Å². The summed E-state index contributed by atoms with van der Waals surface area (Å²) in [7, 11) is 0. The Balaban J connectivity index is 2.05. The maximum Gasteiger partial charge on any atom is 0.201 e. The summed E-state index contributed by atoms with van der Waals surface area (Å²) in [5, 5.41) is 0.705. The van der Waals surface area contributed by atoms with Gasteiger partial charge in [0.15, 0.2) is 0 Å². The first-order valence-electron chi connectivity index (χ1n) is 5.56. The highest BCUT2D eigenvalue weighted by atomic mass is 35.5. The molecule has 1 aliphatic carbocycles. The van der Waals surface area contributed by atoms with Gasteiger partial charge in [-0.05, 0) is 36.5 Å². The third-order valence-electron chi connectivity index (χ3n) is 3.43. The van der Waals surface area contributed by atoms with E-state index in [1.807, 2.05) is 18.2 Å². The topological polar surface area (TPSA) is 43.8 Å². The van der Waals surface area contributed by atoms with E-state index in [4.69, 9.17) is 17.3 Å². The van der Waals surface area contributed by atoms with E-state index >= 15 is 0 Å². The number of fused-ring (bicyclic) bond motifs is 1. The molecule has 16 heavy (non-hydrogen) atoms. The summed E-state index contributed by atoms with van der Waals surface area (Å²) < 4.78 is 2.10. The largest absolute Gasteiger partial charge is 0.369 e. The quantitative estimate of drug-likeness (QED) is 0.870. The second-order valence-electron chi connectivity index (χ2n) is 4.69. The first kappa shape index (κ1) is 9.97. The lowest BCUT2D eigenvalue weighted by Gasteiger charge is -2.05. The van der Waals surface area contributed by atoms with E-state index in [9.17, 15) is 0 Å². The Morgan fingerprint density at radius 3 is 3.00 bits per heavy atom. The van der Waals surface area contributed by atoms with Crippen molar-refractivity contribution >= 4 is 28.6 Å². The molecule has 1 fully saturated rings. The molecule has 2 N–H and O–H groups in total. The smallest absolute Gasteiger partial charge is 0.201 e. The standard InChI is InChI=1S/C12H14ClN3/c1-7-4-8(7)6-16-11-3-2-9(13)5-10(11)15-12(16)14/h2-3,5,7-8H,4,6H2,1H3,(H2,14,15). The van der Waals surface area contributed by atoms with Crippen molar-refractivity contribution in [1.29, 1.82) is 0 Å². The molecule has 2 atom stereocenters. The molecule has 1 saturated carbocycles. The molecule has 0 spiro atoms. The molecule has 4 heteroatoms. The summed E-state index contributed by atoms with van der Waals surface area (Å²) in [6, 6.07) is 5.74. The molecule has 2 aromatic rings. The number of aromatic nitrogens is 2. The van der Waals surface area contributed by atoms with Crippen LogP contribution in [-0.2, 0) is 6.54 Å². The van der Waals surface area contributed by atoms with Crippen LogP contribution in [0.2, 0.25) is 5.02 Å². The highest BCUT2D eigenvalue weighted by Crippen LogP contribution is 2.40. The Labute approximate surface area is 99.2 Å². The van der Waals surface area contributed by atoms with Crippen LogP contribution in [0, 0.1) is 11.8 Å². The number of benzene rings is 1. The van der Waals surface area contributed by atoms with Crippen molar-refractivity contribution in [2.24, 2.45) is 11.8 Å². The van der Waals surface area contributed by atoms with Crippen molar-refractivity contribution in [1.82, 2.24) is 9.55 Å². The van der Waals surface area contributed by atoms with Crippen LogP contribution < -0.4 is 5.73 Å². The van der Waals surface area contributed by atoms with Crippen LogP contribution in [0.4, 0.5) is 5.95 Å². The molecule has 0 radical (unpaired) electrons. The molecule has 1 aliphatic rings. The van der Waals surface area contributed by atoms with Crippen molar-refractivity contribution < 1.29 is 0 Å². The second kappa shape index (κ2) is 3.39. The summed E-state index contributed by atoms with van der Waals surface area (Å²) >= 11 is 5.93. The predicted octanol–water partition coefficient (Wildman–Crippen LogP) is 2.93. The zero-order chi connectivity index (χ0) is 11.3. The zero-order valence-electron chi connectivity index (χ0n) is 9.15. The van der Waals surface area contributed by atoms with Gasteiger partial charge < -0.3 is 10.3 Å². The van der Waals surface area contributed by atoms with Gasteiger partial charge in [-0.25, -0.2) is 4.98 Å². The van der Waals surface area contributed by atoms with E-state index in [-0.39, 0.29) is 0 Å². The summed E-state index contributed by atoms with van der Waals surface area (Å²) in [6.45, 7) is 3.25. The number of anilines is 1. The number of hydrogen-bond donors (Lipinski definition) is 1. The molecule has 1 heterocycles. The number of nitrogens with zero attached hydrogens (tertiary/aromatic N) is 2. The molecule has 0 bridgehead atoms. The van der Waals surface area contributed by atoms with Gasteiger partial charge in [0.2, 0.25) is 5.95 Å². The van der Waals surface area contributed by atoms with Crippen LogP contribution in [-0.4, -0.2) is 9.55 Å². The molecule has 1 aromatic heterocycles. The SMILES string of the molecule is CC1CC1Cn1c(N)nc2cc(Cl)ccc21. The van der Waals surface area contributed by atoms with E-state index in [0.29, 0.717) is 11.0 Å². The van der Waals surface area contributed by atoms with Gasteiger partial charge in [0.25, 0.3) is 0 Å². The van der Waals surface area contributed by atoms with Crippen LogP contribution in [0.15, 0.2) is 18.2 Å². The van der Waals surface area contributed by atoms with Gasteiger partial charge in [-0.15, -0.1) is 0 Å². The minimum absolute atomic E-state index is 0.594. The molecule has 2 unspecified atom stereocenters. The Bertz CT molecular complexity index is 546. The third-order valence-corrected chi connectivity index (χ3v) is 3.67. The Morgan fingerprint density at radius 2 is 2.31 bits per heavy atom. The zero-order valence-corrected chi connectivity index (χ0v) is 9.91. The van der Waals surface area contributed by atoms with Crippen LogP contribution in [0.25, 0.3) is 11.0 Å². The third kappa shape index (κ3) is 1.55. The lowest BCUT2D eigenvalue weighted by atomic mass is 10.3. The Kier molecular flexibility index (Phi) is 2.11. The van der Waals surface area contributed by atoms with E-state index in [0.717, 1.165) is 29.4 Å².